The lowest BCUT2D eigenvalue weighted by atomic mass is 9.61. The van der Waals surface area contributed by atoms with Crippen LogP contribution in [0.25, 0.3) is 0 Å². The van der Waals surface area contributed by atoms with Crippen molar-refractivity contribution >= 4 is 11.9 Å². The number of aliphatic hydroxyl groups is 1. The molecular formula is C26H34FN3O4. The van der Waals surface area contributed by atoms with E-state index < -0.39 is 34.4 Å². The molecule has 0 spiro atoms. The molecular weight excluding hydrogens is 437 g/mol. The van der Waals surface area contributed by atoms with Gasteiger partial charge in [-0.15, -0.1) is 0 Å². The van der Waals surface area contributed by atoms with Crippen molar-refractivity contribution in [3.05, 3.63) is 70.5 Å². The molecule has 7 nitrogen and oxygen atoms in total. The summed E-state index contributed by atoms with van der Waals surface area (Å²) in [6.07, 6.45) is -0.492. The molecule has 1 heterocycles. The summed E-state index contributed by atoms with van der Waals surface area (Å²) < 4.78 is 21.2. The number of carbonyl (C=O) groups excluding carboxylic acids is 1. The number of benzene rings is 2. The molecule has 184 valence electrons. The minimum absolute atomic E-state index is 0.0137. The number of carbonyl (C=O) groups is 1. The first kappa shape index (κ1) is 25.5. The number of oxime groups is 1. The fraction of sp³-hybridized carbons (Fsp3) is 0.462. The second kappa shape index (κ2) is 8.91. The predicted molar refractivity (Wildman–Crippen MR) is 128 cm³/mol. The van der Waals surface area contributed by atoms with Gasteiger partial charge in [-0.1, -0.05) is 62.3 Å². The molecule has 1 fully saturated rings. The summed E-state index contributed by atoms with van der Waals surface area (Å²) in [5.41, 5.74) is 3.70. The highest BCUT2D eigenvalue weighted by Gasteiger charge is 2.59. The fourth-order valence-corrected chi connectivity index (χ4v) is 4.48. The summed E-state index contributed by atoms with van der Waals surface area (Å²) in [5.74, 6) is -0.902. The van der Waals surface area contributed by atoms with E-state index in [0.29, 0.717) is 5.56 Å². The van der Waals surface area contributed by atoms with E-state index in [9.17, 15) is 9.90 Å². The van der Waals surface area contributed by atoms with E-state index in [-0.39, 0.29) is 30.1 Å². The summed E-state index contributed by atoms with van der Waals surface area (Å²) in [7, 11) is 0. The van der Waals surface area contributed by atoms with Crippen LogP contribution >= 0.6 is 0 Å². The number of rotatable bonds is 5. The van der Waals surface area contributed by atoms with Crippen molar-refractivity contribution in [2.75, 3.05) is 13.1 Å². The standard InChI is InChI=1S/C26H34FN3O4/c1-16(2)17-10-12-18(13-11-17)26(32,20-9-7-8-19(21(20)27)22(28)29-33)25(6)14-30(15-25)23(31)34-24(3,4)5/h7-13,16,32-33H,14-15H2,1-6H3,(H2,28,29). The van der Waals surface area contributed by atoms with Crippen molar-refractivity contribution in [1.82, 2.24) is 4.90 Å². The normalized spacial score (nSPS) is 17.8. The Morgan fingerprint density at radius 2 is 1.76 bits per heavy atom. The molecule has 2 aromatic rings. The van der Waals surface area contributed by atoms with Crippen LogP contribution in [0.3, 0.4) is 0 Å². The Hall–Kier alpha value is -3.13. The average molecular weight is 472 g/mol. The predicted octanol–water partition coefficient (Wildman–Crippen LogP) is 4.54. The van der Waals surface area contributed by atoms with Crippen molar-refractivity contribution in [3.8, 4) is 0 Å². The van der Waals surface area contributed by atoms with Gasteiger partial charge in [0, 0.05) is 24.1 Å². The molecule has 4 N–H and O–H groups in total. The van der Waals surface area contributed by atoms with Gasteiger partial charge in [0.1, 0.15) is 17.0 Å². The van der Waals surface area contributed by atoms with Gasteiger partial charge in [-0.05, 0) is 43.9 Å². The van der Waals surface area contributed by atoms with Crippen LogP contribution in [0.5, 0.6) is 0 Å². The van der Waals surface area contributed by atoms with E-state index in [0.717, 1.165) is 5.56 Å². The maximum atomic E-state index is 15.7. The number of ether oxygens (including phenoxy) is 1. The number of halogens is 1. The summed E-state index contributed by atoms with van der Waals surface area (Å²) in [6, 6.07) is 11.8. The van der Waals surface area contributed by atoms with E-state index in [4.69, 9.17) is 15.7 Å². The third-order valence-electron chi connectivity index (χ3n) is 6.37. The van der Waals surface area contributed by atoms with Gasteiger partial charge in [0.15, 0.2) is 5.84 Å². The third-order valence-corrected chi connectivity index (χ3v) is 6.37. The van der Waals surface area contributed by atoms with Gasteiger partial charge in [-0.3, -0.25) is 0 Å². The lowest BCUT2D eigenvalue weighted by Gasteiger charge is -2.56. The second-order valence-corrected chi connectivity index (χ2v) is 10.5. The lowest BCUT2D eigenvalue weighted by Crippen LogP contribution is -2.66. The molecule has 1 amide bonds. The first-order chi connectivity index (χ1) is 15.7. The fourth-order valence-electron chi connectivity index (χ4n) is 4.48. The van der Waals surface area contributed by atoms with Crippen LogP contribution in [0, 0.1) is 11.2 Å². The number of hydrogen-bond acceptors (Lipinski definition) is 5. The molecule has 0 aromatic heterocycles. The monoisotopic (exact) mass is 471 g/mol. The van der Waals surface area contributed by atoms with E-state index in [1.807, 2.05) is 12.1 Å². The Morgan fingerprint density at radius 3 is 2.26 bits per heavy atom. The zero-order chi connectivity index (χ0) is 25.5. The van der Waals surface area contributed by atoms with Crippen molar-refractivity contribution in [2.24, 2.45) is 16.3 Å². The van der Waals surface area contributed by atoms with Gasteiger partial charge < -0.3 is 25.7 Å². The molecule has 1 aliphatic heterocycles. The Labute approximate surface area is 200 Å². The molecule has 0 bridgehead atoms. The molecule has 2 aromatic carbocycles. The molecule has 0 saturated carbocycles. The van der Waals surface area contributed by atoms with Gasteiger partial charge in [-0.2, -0.15) is 0 Å². The minimum Gasteiger partial charge on any atom is -0.444 e. The number of likely N-dealkylation sites (tertiary alicyclic amines) is 1. The molecule has 1 unspecified atom stereocenters. The number of nitrogens with two attached hydrogens (primary N) is 1. The second-order valence-electron chi connectivity index (χ2n) is 10.5. The van der Waals surface area contributed by atoms with Crippen molar-refractivity contribution < 1.29 is 24.2 Å². The summed E-state index contributed by atoms with van der Waals surface area (Å²) in [5, 5.41) is 24.3. The summed E-state index contributed by atoms with van der Waals surface area (Å²) in [6.45, 7) is 11.6. The third kappa shape index (κ3) is 4.46. The van der Waals surface area contributed by atoms with Gasteiger partial charge in [0.05, 0.1) is 5.56 Å². The highest BCUT2D eigenvalue weighted by Crippen LogP contribution is 2.51. The molecule has 1 saturated heterocycles. The SMILES string of the molecule is CC(C)c1ccc(C(O)(c2cccc(/C(N)=N/O)c2F)C2(C)CN(C(=O)OC(C)(C)C)C2)cc1. The highest BCUT2D eigenvalue weighted by atomic mass is 19.1. The van der Waals surface area contributed by atoms with Gasteiger partial charge in [0.2, 0.25) is 0 Å². The number of hydrogen-bond donors (Lipinski definition) is 3. The number of amidine groups is 1. The molecule has 34 heavy (non-hydrogen) atoms. The van der Waals surface area contributed by atoms with Gasteiger partial charge >= 0.3 is 6.09 Å². The van der Waals surface area contributed by atoms with E-state index in [1.165, 1.54) is 17.0 Å². The first-order valence-corrected chi connectivity index (χ1v) is 11.3. The van der Waals surface area contributed by atoms with Crippen molar-refractivity contribution in [2.45, 2.75) is 58.7 Å². The summed E-state index contributed by atoms with van der Waals surface area (Å²) >= 11 is 0. The van der Waals surface area contributed by atoms with E-state index >= 15 is 4.39 Å². The lowest BCUT2D eigenvalue weighted by molar-refractivity contribution is -0.133. The molecule has 1 aliphatic rings. The molecule has 1 atom stereocenters. The summed E-state index contributed by atoms with van der Waals surface area (Å²) in [4.78, 5) is 14.1. The van der Waals surface area contributed by atoms with Crippen LogP contribution in [-0.4, -0.2) is 45.8 Å². The van der Waals surface area contributed by atoms with Crippen LogP contribution in [0.15, 0.2) is 47.6 Å². The Balaban J connectivity index is 2.11. The molecule has 0 radical (unpaired) electrons. The minimum atomic E-state index is -1.81. The van der Waals surface area contributed by atoms with Crippen LogP contribution in [0.1, 0.15) is 69.7 Å². The smallest absolute Gasteiger partial charge is 0.410 e. The first-order valence-electron chi connectivity index (χ1n) is 11.3. The van der Waals surface area contributed by atoms with Gasteiger partial charge in [-0.25, -0.2) is 9.18 Å². The van der Waals surface area contributed by atoms with Crippen LogP contribution in [0.2, 0.25) is 0 Å². The number of amides is 1. The molecule has 8 heteroatoms. The Morgan fingerprint density at radius 1 is 1.18 bits per heavy atom. The number of nitrogens with zero attached hydrogens (tertiary/aromatic N) is 2. The quantitative estimate of drug-likeness (QED) is 0.257. The molecule has 0 aliphatic carbocycles. The van der Waals surface area contributed by atoms with Crippen LogP contribution in [-0.2, 0) is 10.3 Å². The van der Waals surface area contributed by atoms with Gasteiger partial charge in [0.25, 0.3) is 0 Å². The Bertz CT molecular complexity index is 1090. The average Bonchev–Trinajstić information content (AvgIpc) is 2.74. The van der Waals surface area contributed by atoms with Crippen LogP contribution < -0.4 is 5.73 Å². The zero-order valence-electron chi connectivity index (χ0n) is 20.6. The maximum absolute atomic E-state index is 15.7. The largest absolute Gasteiger partial charge is 0.444 e. The van der Waals surface area contributed by atoms with Crippen LogP contribution in [0.4, 0.5) is 9.18 Å². The Kier molecular flexibility index (Phi) is 6.68. The topological polar surface area (TPSA) is 108 Å². The van der Waals surface area contributed by atoms with Crippen molar-refractivity contribution in [1.29, 1.82) is 0 Å². The zero-order valence-corrected chi connectivity index (χ0v) is 20.6. The molecule has 3 rings (SSSR count). The maximum Gasteiger partial charge on any atom is 0.410 e. The highest BCUT2D eigenvalue weighted by molar-refractivity contribution is 5.97. The van der Waals surface area contributed by atoms with Crippen molar-refractivity contribution in [3.63, 3.8) is 0 Å². The van der Waals surface area contributed by atoms with E-state index in [2.05, 4.69) is 19.0 Å². The van der Waals surface area contributed by atoms with E-state index in [1.54, 1.807) is 45.9 Å².